The molecule has 0 radical (unpaired) electrons. The van der Waals surface area contributed by atoms with E-state index in [1.165, 1.54) is 12.8 Å². The van der Waals surface area contributed by atoms with E-state index in [0.717, 1.165) is 51.9 Å². The monoisotopic (exact) mass is 419 g/mol. The predicted octanol–water partition coefficient (Wildman–Crippen LogP) is 4.46. The first kappa shape index (κ1) is 19.2. The molecule has 30 heavy (non-hydrogen) atoms. The summed E-state index contributed by atoms with van der Waals surface area (Å²) >= 11 is 1.61. The van der Waals surface area contributed by atoms with Crippen LogP contribution in [0.2, 0.25) is 0 Å². The Morgan fingerprint density at radius 2 is 2.10 bits per heavy atom. The van der Waals surface area contributed by atoms with E-state index in [0.29, 0.717) is 24.5 Å². The fraction of sp³-hybridized carbons (Fsp3) is 0.455. The Labute approximate surface area is 180 Å². The largest absolute Gasteiger partial charge is 0.367 e. The molecule has 0 aliphatic carbocycles. The topological polar surface area (TPSA) is 89.8 Å². The first-order chi connectivity index (χ1) is 14.7. The SMILES string of the molecule is Cc1cnc(Nc2cc3ncccc3c(N[C@@H]3C[C@H]4CC[C@@H](C3)N4CCC#N)n2)s1. The van der Waals surface area contributed by atoms with E-state index in [1.807, 2.05) is 31.5 Å². The van der Waals surface area contributed by atoms with Gasteiger partial charge in [-0.2, -0.15) is 5.26 Å². The van der Waals surface area contributed by atoms with Crippen molar-refractivity contribution in [3.63, 3.8) is 0 Å². The second-order valence-corrected chi connectivity index (χ2v) is 9.41. The number of nitriles is 1. The van der Waals surface area contributed by atoms with Crippen LogP contribution >= 0.6 is 11.3 Å². The van der Waals surface area contributed by atoms with Crippen molar-refractivity contribution in [2.45, 2.75) is 57.2 Å². The van der Waals surface area contributed by atoms with Crippen molar-refractivity contribution in [1.82, 2.24) is 19.9 Å². The molecule has 8 heteroatoms. The first-order valence-electron chi connectivity index (χ1n) is 10.5. The number of nitrogens with one attached hydrogen (secondary N) is 2. The molecule has 2 N–H and O–H groups in total. The number of piperidine rings is 1. The summed E-state index contributed by atoms with van der Waals surface area (Å²) in [7, 11) is 0. The van der Waals surface area contributed by atoms with E-state index in [1.54, 1.807) is 11.3 Å². The maximum atomic E-state index is 8.96. The molecule has 3 aromatic rings. The number of anilines is 3. The van der Waals surface area contributed by atoms with Crippen LogP contribution in [-0.4, -0.2) is 44.5 Å². The molecule has 0 saturated carbocycles. The number of thiazole rings is 1. The van der Waals surface area contributed by atoms with Crippen LogP contribution in [0.4, 0.5) is 16.8 Å². The van der Waals surface area contributed by atoms with E-state index in [-0.39, 0.29) is 0 Å². The summed E-state index contributed by atoms with van der Waals surface area (Å²) < 4.78 is 0. The molecule has 7 nitrogen and oxygen atoms in total. The van der Waals surface area contributed by atoms with Crippen LogP contribution in [0, 0.1) is 18.3 Å². The van der Waals surface area contributed by atoms with E-state index < -0.39 is 0 Å². The van der Waals surface area contributed by atoms with Gasteiger partial charge >= 0.3 is 0 Å². The highest BCUT2D eigenvalue weighted by Gasteiger charge is 2.40. The smallest absolute Gasteiger partial charge is 0.188 e. The highest BCUT2D eigenvalue weighted by molar-refractivity contribution is 7.15. The summed E-state index contributed by atoms with van der Waals surface area (Å²) in [5.41, 5.74) is 0.917. The third-order valence-corrected chi connectivity index (χ3v) is 6.99. The lowest BCUT2D eigenvalue weighted by Crippen LogP contribution is -2.47. The molecule has 2 bridgehead atoms. The van der Waals surface area contributed by atoms with Crippen LogP contribution in [0.3, 0.4) is 0 Å². The van der Waals surface area contributed by atoms with Gasteiger partial charge in [-0.3, -0.25) is 9.88 Å². The zero-order valence-corrected chi connectivity index (χ0v) is 17.8. The number of fused-ring (bicyclic) bond motifs is 3. The lowest BCUT2D eigenvalue weighted by Gasteiger charge is -2.39. The lowest BCUT2D eigenvalue weighted by atomic mass is 9.97. The third kappa shape index (κ3) is 3.83. The van der Waals surface area contributed by atoms with Crippen LogP contribution in [0.5, 0.6) is 0 Å². The molecular formula is C22H25N7S. The predicted molar refractivity (Wildman–Crippen MR) is 120 cm³/mol. The highest BCUT2D eigenvalue weighted by Crippen LogP contribution is 2.37. The Morgan fingerprint density at radius 1 is 1.27 bits per heavy atom. The number of rotatable bonds is 6. The molecule has 3 aromatic heterocycles. The summed E-state index contributed by atoms with van der Waals surface area (Å²) in [4.78, 5) is 17.6. The highest BCUT2D eigenvalue weighted by atomic mass is 32.1. The van der Waals surface area contributed by atoms with Crippen molar-refractivity contribution < 1.29 is 0 Å². The zero-order valence-electron chi connectivity index (χ0n) is 17.0. The Balaban J connectivity index is 1.38. The van der Waals surface area contributed by atoms with Gasteiger partial charge in [0, 0.05) is 59.8 Å². The van der Waals surface area contributed by atoms with Gasteiger partial charge in [0.2, 0.25) is 0 Å². The van der Waals surface area contributed by atoms with Gasteiger partial charge in [0.15, 0.2) is 5.13 Å². The number of pyridine rings is 2. The molecule has 2 aliphatic rings. The van der Waals surface area contributed by atoms with Gasteiger partial charge in [-0.15, -0.1) is 11.3 Å². The van der Waals surface area contributed by atoms with E-state index >= 15 is 0 Å². The number of hydrogen-bond donors (Lipinski definition) is 2. The Bertz CT molecular complexity index is 1070. The molecule has 5 rings (SSSR count). The molecule has 0 amide bonds. The van der Waals surface area contributed by atoms with Crippen LogP contribution in [0.1, 0.15) is 37.0 Å². The molecule has 2 aliphatic heterocycles. The number of hydrogen-bond acceptors (Lipinski definition) is 8. The molecular weight excluding hydrogens is 394 g/mol. The summed E-state index contributed by atoms with van der Waals surface area (Å²) in [5, 5.41) is 17.9. The molecule has 3 atom stereocenters. The summed E-state index contributed by atoms with van der Waals surface area (Å²) in [5.74, 6) is 1.64. The molecule has 2 saturated heterocycles. The normalized spacial score (nSPS) is 23.4. The number of nitrogens with zero attached hydrogens (tertiary/aromatic N) is 5. The van der Waals surface area contributed by atoms with Gasteiger partial charge in [-0.1, -0.05) is 0 Å². The van der Waals surface area contributed by atoms with Crippen molar-refractivity contribution in [3.05, 3.63) is 35.5 Å². The number of aromatic nitrogens is 3. The van der Waals surface area contributed by atoms with Crippen molar-refractivity contribution in [2.75, 3.05) is 17.2 Å². The van der Waals surface area contributed by atoms with Crippen molar-refractivity contribution in [3.8, 4) is 6.07 Å². The molecule has 0 aromatic carbocycles. The van der Waals surface area contributed by atoms with Gasteiger partial charge in [-0.25, -0.2) is 9.97 Å². The standard InChI is InChI=1S/C22H25N7S/c1-14-13-25-22(30-14)28-20-12-19-18(4-2-8-24-19)21(27-20)26-15-10-16-5-6-17(11-15)29(16)9-3-7-23/h2,4,8,12-13,15-17H,3,5-6,9-11H2,1H3,(H2,25,26,27,28)/t15-,16-,17+. The fourth-order valence-corrected chi connectivity index (χ4v) is 5.57. The first-order valence-corrected chi connectivity index (χ1v) is 11.4. The molecule has 0 unspecified atom stereocenters. The summed E-state index contributed by atoms with van der Waals surface area (Å²) in [6, 6.07) is 9.83. The maximum absolute atomic E-state index is 8.96. The second-order valence-electron chi connectivity index (χ2n) is 8.17. The minimum absolute atomic E-state index is 0.383. The van der Waals surface area contributed by atoms with Crippen LogP contribution in [0.15, 0.2) is 30.6 Å². The van der Waals surface area contributed by atoms with Crippen LogP contribution < -0.4 is 10.6 Å². The zero-order chi connectivity index (χ0) is 20.5. The Kier molecular flexibility index (Phi) is 5.23. The lowest BCUT2D eigenvalue weighted by molar-refractivity contribution is 0.136. The molecule has 2 fully saturated rings. The van der Waals surface area contributed by atoms with Gasteiger partial charge in [0.1, 0.15) is 11.6 Å². The van der Waals surface area contributed by atoms with Gasteiger partial charge in [0.05, 0.1) is 11.6 Å². The quantitative estimate of drug-likeness (QED) is 0.610. The minimum Gasteiger partial charge on any atom is -0.367 e. The maximum Gasteiger partial charge on any atom is 0.188 e. The van der Waals surface area contributed by atoms with Gasteiger partial charge in [0.25, 0.3) is 0 Å². The van der Waals surface area contributed by atoms with E-state index in [9.17, 15) is 0 Å². The molecule has 5 heterocycles. The van der Waals surface area contributed by atoms with Crippen LogP contribution in [0.25, 0.3) is 10.9 Å². The van der Waals surface area contributed by atoms with Crippen LogP contribution in [-0.2, 0) is 0 Å². The van der Waals surface area contributed by atoms with Crippen molar-refractivity contribution in [2.24, 2.45) is 0 Å². The minimum atomic E-state index is 0.383. The van der Waals surface area contributed by atoms with E-state index in [2.05, 4.69) is 37.6 Å². The average Bonchev–Trinajstić information content (AvgIpc) is 3.25. The summed E-state index contributed by atoms with van der Waals surface area (Å²) in [6.45, 7) is 2.94. The molecule has 154 valence electrons. The molecule has 0 spiro atoms. The Morgan fingerprint density at radius 3 is 2.83 bits per heavy atom. The van der Waals surface area contributed by atoms with Gasteiger partial charge < -0.3 is 10.6 Å². The van der Waals surface area contributed by atoms with E-state index in [4.69, 9.17) is 10.2 Å². The van der Waals surface area contributed by atoms with Crippen molar-refractivity contribution in [1.29, 1.82) is 5.26 Å². The number of aryl methyl sites for hydroxylation is 1. The van der Waals surface area contributed by atoms with Gasteiger partial charge in [-0.05, 0) is 44.7 Å². The second kappa shape index (κ2) is 8.17. The Hall–Kier alpha value is -2.76. The van der Waals surface area contributed by atoms with Crippen molar-refractivity contribution >= 4 is 39.0 Å². The average molecular weight is 420 g/mol. The summed E-state index contributed by atoms with van der Waals surface area (Å²) in [6.07, 6.45) is 8.94. The third-order valence-electron chi connectivity index (χ3n) is 6.16. The fourth-order valence-electron chi connectivity index (χ4n) is 4.90.